The molecule has 0 spiro atoms. The molecule has 0 saturated heterocycles. The van der Waals surface area contributed by atoms with Crippen LogP contribution in [0.25, 0.3) is 32.3 Å². The first-order valence-electron chi connectivity index (χ1n) is 14.8. The summed E-state index contributed by atoms with van der Waals surface area (Å²) < 4.78 is 66.9. The molecule has 0 amide bonds. The minimum Gasteiger partial charge on any atom is -0.0610 e. The van der Waals surface area contributed by atoms with Crippen LogP contribution in [0.15, 0.2) is 103 Å². The van der Waals surface area contributed by atoms with Crippen molar-refractivity contribution < 1.29 is 25.4 Å². The number of nitrogens with zero attached hydrogens (tertiary/aromatic N) is 1. The summed E-state index contributed by atoms with van der Waals surface area (Å²) in [4.78, 5) is 2.22. The third kappa shape index (κ3) is 5.30. The Kier molecular flexibility index (Phi) is 7.45. The van der Waals surface area contributed by atoms with E-state index in [9.17, 15) is 0 Å². The SMILES string of the molecule is CN(CCc1ccc(OC(F)(F)C(F)(F)I2OC(C)(C)c3ccccc32)cc1)Cc1ccc2ccc3cccc4ccc1c2c34. The number of halogens is 5. The Bertz CT molecular complexity index is 1990. The Morgan fingerprint density at radius 2 is 1.40 bits per heavy atom. The molecule has 1 heterocycles. The fourth-order valence-electron chi connectivity index (χ4n) is 6.20. The average Bonchev–Trinajstić information content (AvgIpc) is 3.31. The second-order valence-electron chi connectivity index (χ2n) is 12.1. The number of hydrogen-bond acceptors (Lipinski definition) is 3. The summed E-state index contributed by atoms with van der Waals surface area (Å²) in [6.45, 7) is 4.71. The molecule has 0 radical (unpaired) electrons. The van der Waals surface area contributed by atoms with Crippen molar-refractivity contribution in [1.29, 1.82) is 0 Å². The summed E-state index contributed by atoms with van der Waals surface area (Å²) in [6.07, 6.45) is -4.07. The van der Waals surface area contributed by atoms with E-state index >= 15 is 17.6 Å². The van der Waals surface area contributed by atoms with Crippen molar-refractivity contribution in [1.82, 2.24) is 4.90 Å². The Hall–Kier alpha value is -3.47. The van der Waals surface area contributed by atoms with Crippen LogP contribution in [-0.2, 0) is 21.6 Å². The van der Waals surface area contributed by atoms with Crippen molar-refractivity contribution >= 4 is 52.6 Å². The van der Waals surface area contributed by atoms with Gasteiger partial charge in [0.25, 0.3) is 0 Å². The zero-order valence-electron chi connectivity index (χ0n) is 25.1. The normalized spacial score (nSPS) is 15.9. The molecular weight excluding hydrogens is 693 g/mol. The van der Waals surface area contributed by atoms with E-state index in [0.717, 1.165) is 18.7 Å². The Morgan fingerprint density at radius 3 is 2.13 bits per heavy atom. The van der Waals surface area contributed by atoms with Gasteiger partial charge in [0.05, 0.1) is 0 Å². The molecule has 0 aromatic heterocycles. The average molecular weight is 726 g/mol. The van der Waals surface area contributed by atoms with E-state index in [1.807, 2.05) is 7.05 Å². The molecule has 0 fully saturated rings. The monoisotopic (exact) mass is 725 g/mol. The summed E-state index contributed by atoms with van der Waals surface area (Å²) in [5, 5.41) is 7.49. The van der Waals surface area contributed by atoms with Gasteiger partial charge in [-0.25, -0.2) is 0 Å². The second-order valence-corrected chi connectivity index (χ2v) is 16.5. The minimum absolute atomic E-state index is 0.196. The van der Waals surface area contributed by atoms with Crippen LogP contribution in [0.4, 0.5) is 17.6 Å². The van der Waals surface area contributed by atoms with Crippen molar-refractivity contribution in [3.63, 3.8) is 0 Å². The number of fused-ring (bicyclic) bond motifs is 1. The Labute approximate surface area is 267 Å². The van der Waals surface area contributed by atoms with Crippen molar-refractivity contribution in [2.24, 2.45) is 0 Å². The van der Waals surface area contributed by atoms with Crippen LogP contribution in [0, 0.1) is 3.57 Å². The van der Waals surface area contributed by atoms with Crippen LogP contribution >= 0.6 is 20.2 Å². The predicted molar refractivity (Wildman–Crippen MR) is 180 cm³/mol. The van der Waals surface area contributed by atoms with Gasteiger partial charge in [-0.15, -0.1) is 0 Å². The summed E-state index contributed by atoms with van der Waals surface area (Å²) in [6, 6.07) is 31.8. The van der Waals surface area contributed by atoms with E-state index in [0.29, 0.717) is 12.0 Å². The van der Waals surface area contributed by atoms with Crippen LogP contribution in [0.1, 0.15) is 30.5 Å². The number of rotatable bonds is 9. The van der Waals surface area contributed by atoms with Crippen LogP contribution in [0.3, 0.4) is 0 Å². The fourth-order valence-corrected chi connectivity index (χ4v) is 11.4. The van der Waals surface area contributed by atoms with Crippen molar-refractivity contribution in [3.05, 3.63) is 123 Å². The fraction of sp³-hybridized carbons (Fsp3) is 0.243. The van der Waals surface area contributed by atoms with Gasteiger partial charge < -0.3 is 0 Å². The molecule has 1 aliphatic rings. The van der Waals surface area contributed by atoms with E-state index in [-0.39, 0.29) is 9.32 Å². The van der Waals surface area contributed by atoms with Crippen LogP contribution in [0.5, 0.6) is 5.75 Å². The van der Waals surface area contributed by atoms with E-state index < -0.39 is 35.9 Å². The number of benzene rings is 6. The second kappa shape index (κ2) is 11.1. The molecule has 0 aliphatic carbocycles. The smallest absolute Gasteiger partial charge is 0.0610 e. The van der Waals surface area contributed by atoms with Crippen molar-refractivity contribution in [2.75, 3.05) is 13.6 Å². The minimum atomic E-state index is -4.73. The predicted octanol–water partition coefficient (Wildman–Crippen LogP) is 10.4. The molecule has 8 heteroatoms. The molecular formula is C37H32F4INO2. The van der Waals surface area contributed by atoms with Gasteiger partial charge in [0.1, 0.15) is 0 Å². The van der Waals surface area contributed by atoms with E-state index in [1.54, 1.807) is 44.2 Å². The molecule has 6 aromatic rings. The van der Waals surface area contributed by atoms with Gasteiger partial charge in [-0.3, -0.25) is 0 Å². The van der Waals surface area contributed by atoms with Gasteiger partial charge in [0.2, 0.25) is 0 Å². The standard InChI is InChI=1S/C37H32F4INO2/c1-35(2)31-9-4-5-10-32(31)42(45-35)36(38,39)37(40,41)44-29-18-11-24(12-19-29)21-22-43(3)23-28-16-15-27-14-13-25-7-6-8-26-17-20-30(28)34(27)33(25)26/h4-20H,21-23H2,1-3H3. The number of hydrogen-bond donors (Lipinski definition) is 0. The zero-order chi connectivity index (χ0) is 31.6. The quantitative estimate of drug-likeness (QED) is 0.0641. The van der Waals surface area contributed by atoms with Crippen LogP contribution in [-0.4, -0.2) is 28.5 Å². The maximum atomic E-state index is 15.4. The first-order chi connectivity index (χ1) is 21.4. The molecule has 3 nitrogen and oxygen atoms in total. The van der Waals surface area contributed by atoms with Gasteiger partial charge >= 0.3 is 181 Å². The molecule has 0 unspecified atom stereocenters. The Morgan fingerprint density at radius 1 is 0.756 bits per heavy atom. The van der Waals surface area contributed by atoms with Crippen molar-refractivity contribution in [2.45, 2.75) is 42.5 Å². The topological polar surface area (TPSA) is 21.7 Å². The van der Waals surface area contributed by atoms with Crippen molar-refractivity contribution in [3.8, 4) is 5.75 Å². The number of likely N-dealkylation sites (N-methyl/N-ethyl adjacent to an activating group) is 1. The molecule has 0 saturated carbocycles. The van der Waals surface area contributed by atoms with E-state index in [2.05, 4.69) is 64.2 Å². The van der Waals surface area contributed by atoms with Gasteiger partial charge in [0.15, 0.2) is 0 Å². The molecule has 6 aromatic carbocycles. The first-order valence-corrected chi connectivity index (χ1v) is 17.9. The van der Waals surface area contributed by atoms with Gasteiger partial charge in [0, 0.05) is 0 Å². The summed E-state index contributed by atoms with van der Waals surface area (Å²) in [7, 11) is 2.05. The van der Waals surface area contributed by atoms with Gasteiger partial charge in [-0.1, -0.05) is 54.6 Å². The summed E-state index contributed by atoms with van der Waals surface area (Å²) in [5.41, 5.74) is 1.59. The molecule has 0 bridgehead atoms. The molecule has 1 aliphatic heterocycles. The van der Waals surface area contributed by atoms with Gasteiger partial charge in [-0.05, 0) is 32.3 Å². The number of alkyl halides is 5. The van der Waals surface area contributed by atoms with Crippen LogP contribution < -0.4 is 4.74 Å². The third-order valence-corrected chi connectivity index (χ3v) is 13.9. The molecule has 232 valence electrons. The third-order valence-electron chi connectivity index (χ3n) is 8.53. The summed E-state index contributed by atoms with van der Waals surface area (Å²) >= 11 is -4.11. The van der Waals surface area contributed by atoms with E-state index in [4.69, 9.17) is 3.07 Å². The van der Waals surface area contributed by atoms with E-state index in [1.165, 1.54) is 56.1 Å². The number of ether oxygens (including phenoxy) is 1. The maximum absolute atomic E-state index is 15.4. The Balaban J connectivity index is 1.01. The van der Waals surface area contributed by atoms with Crippen LogP contribution in [0.2, 0.25) is 0 Å². The molecule has 0 N–H and O–H groups in total. The molecule has 7 rings (SSSR count). The first kappa shape index (κ1) is 30.2. The van der Waals surface area contributed by atoms with Gasteiger partial charge in [-0.2, -0.15) is 0 Å². The molecule has 0 atom stereocenters. The molecule has 45 heavy (non-hydrogen) atoms. The zero-order valence-corrected chi connectivity index (χ0v) is 27.2. The summed E-state index contributed by atoms with van der Waals surface area (Å²) in [5.74, 6) is -0.312.